The summed E-state index contributed by atoms with van der Waals surface area (Å²) in [5.41, 5.74) is 3.69. The van der Waals surface area contributed by atoms with Crippen molar-refractivity contribution in [2.45, 2.75) is 85.4 Å². The number of halogens is 3. The van der Waals surface area contributed by atoms with Gasteiger partial charge in [-0.3, -0.25) is 4.40 Å². The Labute approximate surface area is 795 Å². The molecule has 12 aromatic carbocycles. The van der Waals surface area contributed by atoms with Crippen LogP contribution in [0.25, 0.3) is 22.7 Å². The van der Waals surface area contributed by atoms with E-state index in [2.05, 4.69) is 445 Å². The molecule has 6 aromatic heterocycles. The Kier molecular flexibility index (Phi) is 43.2. The maximum absolute atomic E-state index is 5.83. The zero-order chi connectivity index (χ0) is 88.0. The van der Waals surface area contributed by atoms with Crippen molar-refractivity contribution in [3.8, 4) is 11.4 Å². The molecule has 128 heavy (non-hydrogen) atoms. The standard InChI is InChI=1S/4C18H15P.C11H7ClN4.C7H5N2.C4H2Cl2N2.C4H8O.3C4H9.Pd.Sn/c4*1-4-10-16(11-5-1)19(17-12-6-2-7-13-17)18-14-8-3-9-15-18;12-10-5-8(14-7-15-10)9-6-13-11-3-1-2-4-16(9)11;1-2-5-9-6-4-8-7(9)3-1;5-3-1-4(6)8-2-7-3;1-2-4-5-3-1;3*1-3-4-2;;/h4*1-15H;1-7H;1-5H;1-2H;1-4H2;3*1,3-4H2,2H3;;. The van der Waals surface area contributed by atoms with E-state index in [1.807, 2.05) is 28.8 Å². The van der Waals surface area contributed by atoms with Crippen molar-refractivity contribution in [3.05, 3.63) is 465 Å². The smallest absolute Gasteiger partial charge is 0.137 e. The van der Waals surface area contributed by atoms with Gasteiger partial charge in [-0.25, -0.2) is 24.9 Å². The minimum absolute atomic E-state index is 0. The summed E-state index contributed by atoms with van der Waals surface area (Å²) in [4.78, 5) is 24.3. The van der Waals surface area contributed by atoms with Crippen LogP contribution in [0.3, 0.4) is 0 Å². The van der Waals surface area contributed by atoms with Crippen LogP contribution in [0.15, 0.2) is 450 Å². The number of pyridine rings is 2. The van der Waals surface area contributed by atoms with E-state index in [1.165, 1.54) is 147 Å². The number of hydrogen-bond acceptors (Lipinski definition) is 7. The van der Waals surface area contributed by atoms with Gasteiger partial charge in [0, 0.05) is 52.0 Å². The predicted octanol–water partition coefficient (Wildman–Crippen LogP) is 24.2. The van der Waals surface area contributed by atoms with Gasteiger partial charge in [0.2, 0.25) is 0 Å². The van der Waals surface area contributed by atoms with Gasteiger partial charge in [-0.1, -0.05) is 405 Å². The van der Waals surface area contributed by atoms with Crippen molar-refractivity contribution >= 4 is 164 Å². The Morgan fingerprint density at radius 2 is 0.516 bits per heavy atom. The van der Waals surface area contributed by atoms with Gasteiger partial charge >= 0.3 is 140 Å². The van der Waals surface area contributed by atoms with Crippen LogP contribution < -0.4 is 67.4 Å². The summed E-state index contributed by atoms with van der Waals surface area (Å²) < 4.78 is 15.5. The van der Waals surface area contributed by atoms with Crippen molar-refractivity contribution in [2.75, 3.05) is 13.2 Å². The van der Waals surface area contributed by atoms with Gasteiger partial charge in [0.15, 0.2) is 0 Å². The van der Waals surface area contributed by atoms with Crippen LogP contribution in [0.1, 0.15) is 72.1 Å². The second-order valence-electron chi connectivity index (χ2n) is 29.8. The van der Waals surface area contributed by atoms with Crippen LogP contribution in [0.5, 0.6) is 0 Å². The Hall–Kier alpha value is -9.81. The van der Waals surface area contributed by atoms with Gasteiger partial charge in [-0.05, 0) is 120 Å². The number of benzene rings is 12. The first kappa shape index (κ1) is 98.8. The molecule has 650 valence electrons. The monoisotopic (exact) mass is 2010 g/mol. The molecule has 0 aliphatic carbocycles. The number of imidazole rings is 2. The zero-order valence-electron chi connectivity index (χ0n) is 72.6. The van der Waals surface area contributed by atoms with Gasteiger partial charge in [0.25, 0.3) is 0 Å². The van der Waals surface area contributed by atoms with Gasteiger partial charge in [-0.2, -0.15) is 0 Å². The number of aromatic nitrogens is 8. The molecule has 19 rings (SSSR count). The topological polar surface area (TPSA) is 95.4 Å². The van der Waals surface area contributed by atoms with Crippen molar-refractivity contribution in [3.63, 3.8) is 0 Å². The van der Waals surface area contributed by atoms with E-state index in [9.17, 15) is 0 Å². The third-order valence-electron chi connectivity index (χ3n) is 20.9. The van der Waals surface area contributed by atoms with Crippen molar-refractivity contribution in [1.82, 2.24) is 38.7 Å². The van der Waals surface area contributed by atoms with Crippen LogP contribution in [0.4, 0.5) is 0 Å². The fourth-order valence-electron chi connectivity index (χ4n) is 14.8. The summed E-state index contributed by atoms with van der Waals surface area (Å²) in [5, 5.41) is 17.9. The molecular formula is C110H109Cl3N8OP4PdSn. The normalized spacial score (nSPS) is 11.2. The molecule has 1 aliphatic rings. The second kappa shape index (κ2) is 55.9. The molecule has 0 unspecified atom stereocenters. The van der Waals surface area contributed by atoms with E-state index in [0.717, 1.165) is 35.9 Å². The van der Waals surface area contributed by atoms with Gasteiger partial charge < -0.3 is 4.74 Å². The maximum Gasteiger partial charge on any atom is 0.137 e. The summed E-state index contributed by atoms with van der Waals surface area (Å²) in [6.45, 7) is 9.01. The first-order valence-corrected chi connectivity index (χ1v) is 57.5. The first-order chi connectivity index (χ1) is 62.7. The third kappa shape index (κ3) is 30.7. The fraction of sp³-hybridized carbons (Fsp3) is 0.145. The van der Waals surface area contributed by atoms with Gasteiger partial charge in [0.1, 0.15) is 33.8 Å². The molecular weight excluding hydrogens is 1900 g/mol. The Morgan fingerprint density at radius 3 is 0.750 bits per heavy atom. The Morgan fingerprint density at radius 1 is 0.281 bits per heavy atom. The van der Waals surface area contributed by atoms with Crippen LogP contribution in [0.2, 0.25) is 28.8 Å². The van der Waals surface area contributed by atoms with Crippen molar-refractivity contribution < 1.29 is 25.2 Å². The largest absolute Gasteiger partial charge is 0.298 e. The number of fused-ring (bicyclic) bond motifs is 2. The molecule has 0 amide bonds. The SMILES string of the molecule is C1CCOC1.CCC[CH2][Sn]([CH2]CCC)([CH2]CCC)[c]1cnc2ccccn12.Clc1cc(-c2cnc3ccccn23)ncn1.Clc1cc(Cl)ncn1.[Pd].c1ccc(P(c2ccccc2)c2ccccc2)cc1.c1ccc(P(c2ccccc2)c2ccccc2)cc1.c1ccc(P(c2ccccc2)c2ccccc2)cc1.c1ccc(P(c2ccccc2)c2ccccc2)cc1. The fourth-order valence-corrected chi connectivity index (χ4v) is 40.6. The average Bonchev–Trinajstić information content (AvgIpc) is 1.62. The number of ether oxygens (including phenoxy) is 1. The van der Waals surface area contributed by atoms with E-state index in [1.54, 1.807) is 16.0 Å². The van der Waals surface area contributed by atoms with E-state index in [4.69, 9.17) is 44.5 Å². The maximum atomic E-state index is 5.83. The van der Waals surface area contributed by atoms with Crippen LogP contribution >= 0.6 is 66.5 Å². The summed E-state index contributed by atoms with van der Waals surface area (Å²) >= 11 is 14.3. The zero-order valence-corrected chi connectivity index (χ0v) is 82.9. The van der Waals surface area contributed by atoms with Crippen LogP contribution in [-0.4, -0.2) is 70.3 Å². The predicted molar refractivity (Wildman–Crippen MR) is 554 cm³/mol. The molecule has 1 saturated heterocycles. The number of unbranched alkanes of at least 4 members (excludes halogenated alkanes) is 3. The minimum atomic E-state index is -2.34. The molecule has 0 radical (unpaired) electrons. The van der Waals surface area contributed by atoms with Crippen molar-refractivity contribution in [1.29, 1.82) is 0 Å². The number of rotatable bonds is 23. The Bertz CT molecular complexity index is 5140. The molecule has 0 spiro atoms. The molecule has 1 fully saturated rings. The van der Waals surface area contributed by atoms with E-state index >= 15 is 0 Å². The van der Waals surface area contributed by atoms with E-state index < -0.39 is 50.1 Å². The van der Waals surface area contributed by atoms with E-state index in [-0.39, 0.29) is 20.4 Å². The number of nitrogens with zero attached hydrogens (tertiary/aromatic N) is 8. The van der Waals surface area contributed by atoms with Crippen LogP contribution in [-0.2, 0) is 25.2 Å². The molecule has 18 aromatic rings. The average molecular weight is 2010 g/mol. The first-order valence-electron chi connectivity index (χ1n) is 43.5. The minimum Gasteiger partial charge on any atom is -0.298 e. The van der Waals surface area contributed by atoms with Gasteiger partial charge in [0.05, 0.1) is 17.6 Å². The van der Waals surface area contributed by atoms with Gasteiger partial charge in [-0.15, -0.1) is 0 Å². The number of hydrogen-bond donors (Lipinski definition) is 0. The Balaban J connectivity index is 0.000000144. The molecule has 7 heterocycles. The quantitative estimate of drug-likeness (QED) is 0.0358. The third-order valence-corrected chi connectivity index (χ3v) is 46.7. The second-order valence-corrected chi connectivity index (χ2v) is 52.9. The van der Waals surface area contributed by atoms with Crippen LogP contribution in [0, 0.1) is 0 Å². The summed E-state index contributed by atoms with van der Waals surface area (Å²) in [6, 6.07) is 145. The summed E-state index contributed by atoms with van der Waals surface area (Å²) in [7, 11) is -1.78. The molecule has 0 saturated carbocycles. The molecule has 0 bridgehead atoms. The summed E-state index contributed by atoms with van der Waals surface area (Å²) in [6.07, 6.45) is 21.7. The van der Waals surface area contributed by atoms with E-state index in [0.29, 0.717) is 15.5 Å². The molecule has 1 aliphatic heterocycles. The van der Waals surface area contributed by atoms with Crippen molar-refractivity contribution in [2.24, 2.45) is 0 Å². The summed E-state index contributed by atoms with van der Waals surface area (Å²) in [5.74, 6) is 0. The molecule has 18 heteroatoms. The molecule has 0 atom stereocenters. The molecule has 9 nitrogen and oxygen atoms in total. The molecule has 0 N–H and O–H groups in total.